The molecule has 1 atom stereocenters. The standard InChI is InChI=1S/C23H27FN2O2/c1-18(17-20-5-3-2-4-6-20)23(28)26-15-13-25(14-16-26)22(27)12-9-19-7-10-21(24)11-8-19/h2-8,10-11,18H,9,12-17H2,1H3. The van der Waals surface area contributed by atoms with Gasteiger partial charge in [0, 0.05) is 38.5 Å². The van der Waals surface area contributed by atoms with E-state index < -0.39 is 0 Å². The Morgan fingerprint density at radius 2 is 1.50 bits per heavy atom. The molecule has 0 radical (unpaired) electrons. The van der Waals surface area contributed by atoms with Crippen molar-refractivity contribution in [2.75, 3.05) is 26.2 Å². The van der Waals surface area contributed by atoms with E-state index in [0.717, 1.165) is 17.5 Å². The van der Waals surface area contributed by atoms with Crippen LogP contribution in [0.4, 0.5) is 4.39 Å². The molecule has 1 unspecified atom stereocenters. The lowest BCUT2D eigenvalue weighted by atomic mass is 9.99. The zero-order valence-electron chi connectivity index (χ0n) is 16.3. The van der Waals surface area contributed by atoms with Gasteiger partial charge in [-0.25, -0.2) is 4.39 Å². The summed E-state index contributed by atoms with van der Waals surface area (Å²) in [7, 11) is 0. The van der Waals surface area contributed by atoms with Crippen LogP contribution < -0.4 is 0 Å². The molecule has 1 saturated heterocycles. The van der Waals surface area contributed by atoms with E-state index in [1.54, 1.807) is 12.1 Å². The van der Waals surface area contributed by atoms with Gasteiger partial charge in [0.25, 0.3) is 0 Å². The number of rotatable bonds is 6. The highest BCUT2D eigenvalue weighted by Gasteiger charge is 2.26. The van der Waals surface area contributed by atoms with Crippen LogP contribution >= 0.6 is 0 Å². The van der Waals surface area contributed by atoms with E-state index in [4.69, 9.17) is 0 Å². The number of carbonyl (C=O) groups is 2. The molecule has 1 aliphatic heterocycles. The highest BCUT2D eigenvalue weighted by molar-refractivity contribution is 5.80. The smallest absolute Gasteiger partial charge is 0.225 e. The second-order valence-electron chi connectivity index (χ2n) is 7.42. The fraction of sp³-hybridized carbons (Fsp3) is 0.391. The molecule has 0 aliphatic carbocycles. The van der Waals surface area contributed by atoms with Crippen molar-refractivity contribution in [3.05, 3.63) is 71.5 Å². The number of aryl methyl sites for hydroxylation is 1. The van der Waals surface area contributed by atoms with Crippen LogP contribution in [-0.2, 0) is 22.4 Å². The first-order valence-electron chi connectivity index (χ1n) is 9.88. The van der Waals surface area contributed by atoms with Crippen LogP contribution in [0, 0.1) is 11.7 Å². The molecule has 3 rings (SSSR count). The fourth-order valence-corrected chi connectivity index (χ4v) is 3.60. The lowest BCUT2D eigenvalue weighted by Gasteiger charge is -2.36. The van der Waals surface area contributed by atoms with Crippen molar-refractivity contribution in [3.8, 4) is 0 Å². The summed E-state index contributed by atoms with van der Waals surface area (Å²) in [6.45, 7) is 4.29. The molecule has 5 heteroatoms. The van der Waals surface area contributed by atoms with Crippen LogP contribution in [0.25, 0.3) is 0 Å². The number of halogens is 1. The Balaban J connectivity index is 1.43. The van der Waals surface area contributed by atoms with Gasteiger partial charge in [-0.3, -0.25) is 9.59 Å². The molecule has 148 valence electrons. The van der Waals surface area contributed by atoms with E-state index in [1.807, 2.05) is 47.1 Å². The average molecular weight is 382 g/mol. The van der Waals surface area contributed by atoms with Crippen molar-refractivity contribution >= 4 is 11.8 Å². The molecule has 2 aromatic carbocycles. The molecule has 28 heavy (non-hydrogen) atoms. The topological polar surface area (TPSA) is 40.6 Å². The summed E-state index contributed by atoms with van der Waals surface area (Å²) in [6, 6.07) is 16.3. The molecule has 1 aliphatic rings. The number of hydrogen-bond acceptors (Lipinski definition) is 2. The minimum atomic E-state index is -0.266. The van der Waals surface area contributed by atoms with Crippen molar-refractivity contribution < 1.29 is 14.0 Å². The third-order valence-corrected chi connectivity index (χ3v) is 5.29. The minimum absolute atomic E-state index is 0.0665. The summed E-state index contributed by atoms with van der Waals surface area (Å²) in [5.41, 5.74) is 2.12. The van der Waals surface area contributed by atoms with E-state index in [1.165, 1.54) is 12.1 Å². The maximum Gasteiger partial charge on any atom is 0.225 e. The van der Waals surface area contributed by atoms with Gasteiger partial charge in [-0.2, -0.15) is 0 Å². The Morgan fingerprint density at radius 1 is 0.893 bits per heavy atom. The Hall–Kier alpha value is -2.69. The molecule has 0 spiro atoms. The highest BCUT2D eigenvalue weighted by Crippen LogP contribution is 2.14. The van der Waals surface area contributed by atoms with Crippen molar-refractivity contribution in [1.82, 2.24) is 9.80 Å². The Kier molecular flexibility index (Phi) is 6.80. The van der Waals surface area contributed by atoms with Gasteiger partial charge in [0.1, 0.15) is 5.82 Å². The molecule has 4 nitrogen and oxygen atoms in total. The summed E-state index contributed by atoms with van der Waals surface area (Å²) in [5, 5.41) is 0. The van der Waals surface area contributed by atoms with Gasteiger partial charge < -0.3 is 9.80 Å². The van der Waals surface area contributed by atoms with Crippen LogP contribution in [-0.4, -0.2) is 47.8 Å². The van der Waals surface area contributed by atoms with Gasteiger partial charge in [-0.05, 0) is 36.1 Å². The van der Waals surface area contributed by atoms with Crippen molar-refractivity contribution in [2.45, 2.75) is 26.2 Å². The predicted octanol–water partition coefficient (Wildman–Crippen LogP) is 3.31. The van der Waals surface area contributed by atoms with E-state index in [9.17, 15) is 14.0 Å². The summed E-state index contributed by atoms with van der Waals surface area (Å²) >= 11 is 0. The molecular formula is C23H27FN2O2. The number of nitrogens with zero attached hydrogens (tertiary/aromatic N) is 2. The minimum Gasteiger partial charge on any atom is -0.339 e. The van der Waals surface area contributed by atoms with Gasteiger partial charge in [-0.1, -0.05) is 49.4 Å². The molecular weight excluding hydrogens is 355 g/mol. The zero-order chi connectivity index (χ0) is 19.9. The Labute approximate surface area is 166 Å². The first-order valence-corrected chi connectivity index (χ1v) is 9.88. The van der Waals surface area contributed by atoms with Crippen LogP contribution in [0.2, 0.25) is 0 Å². The first kappa shape index (κ1) is 20.1. The van der Waals surface area contributed by atoms with Crippen LogP contribution in [0.1, 0.15) is 24.5 Å². The van der Waals surface area contributed by atoms with Crippen LogP contribution in [0.15, 0.2) is 54.6 Å². The zero-order valence-corrected chi connectivity index (χ0v) is 16.3. The SMILES string of the molecule is CC(Cc1ccccc1)C(=O)N1CCN(C(=O)CCc2ccc(F)cc2)CC1. The quantitative estimate of drug-likeness (QED) is 0.769. The molecule has 0 N–H and O–H groups in total. The highest BCUT2D eigenvalue weighted by atomic mass is 19.1. The normalized spacial score (nSPS) is 15.4. The molecule has 1 heterocycles. The number of piperazine rings is 1. The monoisotopic (exact) mass is 382 g/mol. The fourth-order valence-electron chi connectivity index (χ4n) is 3.60. The second-order valence-corrected chi connectivity index (χ2v) is 7.42. The molecule has 1 fully saturated rings. The van der Waals surface area contributed by atoms with Crippen molar-refractivity contribution in [2.24, 2.45) is 5.92 Å². The molecule has 2 amide bonds. The maximum absolute atomic E-state index is 12.9. The molecule has 0 bridgehead atoms. The van der Waals surface area contributed by atoms with E-state index in [0.29, 0.717) is 39.0 Å². The predicted molar refractivity (Wildman–Crippen MR) is 107 cm³/mol. The van der Waals surface area contributed by atoms with Gasteiger partial charge in [0.2, 0.25) is 11.8 Å². The van der Waals surface area contributed by atoms with Crippen molar-refractivity contribution in [3.63, 3.8) is 0 Å². The van der Waals surface area contributed by atoms with Gasteiger partial charge >= 0.3 is 0 Å². The molecule has 0 aromatic heterocycles. The molecule has 0 saturated carbocycles. The number of benzene rings is 2. The lowest BCUT2D eigenvalue weighted by Crippen LogP contribution is -2.52. The van der Waals surface area contributed by atoms with Crippen LogP contribution in [0.3, 0.4) is 0 Å². The van der Waals surface area contributed by atoms with E-state index in [2.05, 4.69) is 0 Å². The number of carbonyl (C=O) groups excluding carboxylic acids is 2. The Bertz CT molecular complexity index is 784. The third kappa shape index (κ3) is 5.41. The van der Waals surface area contributed by atoms with Gasteiger partial charge in [-0.15, -0.1) is 0 Å². The summed E-state index contributed by atoms with van der Waals surface area (Å²) in [6.07, 6.45) is 1.74. The summed E-state index contributed by atoms with van der Waals surface area (Å²) < 4.78 is 12.9. The van der Waals surface area contributed by atoms with E-state index >= 15 is 0 Å². The summed E-state index contributed by atoms with van der Waals surface area (Å²) in [4.78, 5) is 28.8. The molecule has 2 aromatic rings. The summed E-state index contributed by atoms with van der Waals surface area (Å²) in [5.74, 6) is -0.0866. The van der Waals surface area contributed by atoms with Crippen LogP contribution in [0.5, 0.6) is 0 Å². The third-order valence-electron chi connectivity index (χ3n) is 5.29. The van der Waals surface area contributed by atoms with Crippen molar-refractivity contribution in [1.29, 1.82) is 0 Å². The maximum atomic E-state index is 12.9. The largest absolute Gasteiger partial charge is 0.339 e. The second kappa shape index (κ2) is 9.49. The number of amides is 2. The van der Waals surface area contributed by atoms with E-state index in [-0.39, 0.29) is 23.5 Å². The first-order chi connectivity index (χ1) is 13.5. The lowest BCUT2D eigenvalue weighted by molar-refractivity contribution is -0.141. The van der Waals surface area contributed by atoms with Gasteiger partial charge in [0.05, 0.1) is 0 Å². The number of hydrogen-bond donors (Lipinski definition) is 0. The van der Waals surface area contributed by atoms with Gasteiger partial charge in [0.15, 0.2) is 0 Å². The Morgan fingerprint density at radius 3 is 2.14 bits per heavy atom. The average Bonchev–Trinajstić information content (AvgIpc) is 2.73.